The first-order valence-corrected chi connectivity index (χ1v) is 7.25. The SMILES string of the molecule is Cc1oc(-c2ccccc2)nc1C(=O)Nc1cc(Cl)ccc1O. The normalized spacial score (nSPS) is 10.5. The second-order valence-electron chi connectivity index (χ2n) is 4.91. The number of aromatic hydroxyl groups is 1. The van der Waals surface area contributed by atoms with Gasteiger partial charge in [0.1, 0.15) is 11.5 Å². The van der Waals surface area contributed by atoms with Crippen LogP contribution in [0.3, 0.4) is 0 Å². The molecule has 0 aliphatic heterocycles. The van der Waals surface area contributed by atoms with Crippen molar-refractivity contribution in [2.24, 2.45) is 0 Å². The molecule has 6 heteroatoms. The Morgan fingerprint density at radius 1 is 1.22 bits per heavy atom. The molecular weight excluding hydrogens is 316 g/mol. The summed E-state index contributed by atoms with van der Waals surface area (Å²) in [5.74, 6) is 0.199. The number of anilines is 1. The van der Waals surface area contributed by atoms with E-state index in [1.165, 1.54) is 18.2 Å². The molecule has 3 aromatic rings. The maximum Gasteiger partial charge on any atom is 0.278 e. The number of hydrogen-bond donors (Lipinski definition) is 2. The summed E-state index contributed by atoms with van der Waals surface area (Å²) in [6.07, 6.45) is 0. The van der Waals surface area contributed by atoms with Gasteiger partial charge in [-0.2, -0.15) is 0 Å². The number of phenolic OH excluding ortho intramolecular Hbond substituents is 1. The molecule has 0 spiro atoms. The Kier molecular flexibility index (Phi) is 4.04. The highest BCUT2D eigenvalue weighted by Gasteiger charge is 2.19. The molecule has 2 aromatic carbocycles. The van der Waals surface area contributed by atoms with E-state index in [0.29, 0.717) is 16.7 Å². The van der Waals surface area contributed by atoms with Gasteiger partial charge in [0, 0.05) is 10.6 Å². The fourth-order valence-electron chi connectivity index (χ4n) is 2.10. The number of aromatic nitrogens is 1. The van der Waals surface area contributed by atoms with Crippen molar-refractivity contribution in [1.82, 2.24) is 4.98 Å². The Labute approximate surface area is 137 Å². The van der Waals surface area contributed by atoms with Crippen LogP contribution in [-0.2, 0) is 0 Å². The lowest BCUT2D eigenvalue weighted by Crippen LogP contribution is -2.13. The van der Waals surface area contributed by atoms with Crippen LogP contribution >= 0.6 is 11.6 Å². The number of oxazole rings is 1. The Bertz CT molecular complexity index is 860. The van der Waals surface area contributed by atoms with E-state index >= 15 is 0 Å². The Balaban J connectivity index is 1.88. The molecule has 2 N–H and O–H groups in total. The third-order valence-corrected chi connectivity index (χ3v) is 3.47. The number of rotatable bonds is 3. The first-order valence-electron chi connectivity index (χ1n) is 6.87. The summed E-state index contributed by atoms with van der Waals surface area (Å²) in [5.41, 5.74) is 1.15. The zero-order chi connectivity index (χ0) is 16.4. The van der Waals surface area contributed by atoms with Crippen LogP contribution in [0.1, 0.15) is 16.2 Å². The summed E-state index contributed by atoms with van der Waals surface area (Å²) in [5, 5.41) is 12.7. The third-order valence-electron chi connectivity index (χ3n) is 3.24. The zero-order valence-corrected chi connectivity index (χ0v) is 13.0. The molecular formula is C17H13ClN2O3. The summed E-state index contributed by atoms with van der Waals surface area (Å²) in [6.45, 7) is 1.66. The molecule has 0 bridgehead atoms. The van der Waals surface area contributed by atoms with E-state index in [1.807, 2.05) is 30.3 Å². The predicted molar refractivity (Wildman–Crippen MR) is 87.7 cm³/mol. The Morgan fingerprint density at radius 3 is 2.70 bits per heavy atom. The minimum Gasteiger partial charge on any atom is -0.506 e. The van der Waals surface area contributed by atoms with Gasteiger partial charge in [0.2, 0.25) is 5.89 Å². The highest BCUT2D eigenvalue weighted by atomic mass is 35.5. The lowest BCUT2D eigenvalue weighted by Gasteiger charge is -2.06. The average molecular weight is 329 g/mol. The van der Waals surface area contributed by atoms with Gasteiger partial charge in [0.15, 0.2) is 5.69 Å². The van der Waals surface area contributed by atoms with E-state index in [1.54, 1.807) is 6.92 Å². The maximum atomic E-state index is 12.4. The minimum absolute atomic E-state index is 0.0767. The lowest BCUT2D eigenvalue weighted by atomic mass is 10.2. The van der Waals surface area contributed by atoms with Crippen LogP contribution in [0, 0.1) is 6.92 Å². The summed E-state index contributed by atoms with van der Waals surface area (Å²) in [6, 6.07) is 13.7. The number of benzene rings is 2. The van der Waals surface area contributed by atoms with Gasteiger partial charge in [-0.15, -0.1) is 0 Å². The number of nitrogens with one attached hydrogen (secondary N) is 1. The quantitative estimate of drug-likeness (QED) is 0.704. The van der Waals surface area contributed by atoms with Crippen LogP contribution in [0.5, 0.6) is 5.75 Å². The van der Waals surface area contributed by atoms with Gasteiger partial charge in [-0.25, -0.2) is 4.98 Å². The molecule has 5 nitrogen and oxygen atoms in total. The number of nitrogens with zero attached hydrogens (tertiary/aromatic N) is 1. The molecule has 0 atom stereocenters. The highest BCUT2D eigenvalue weighted by Crippen LogP contribution is 2.28. The van der Waals surface area contributed by atoms with E-state index < -0.39 is 5.91 Å². The number of carbonyl (C=O) groups excluding carboxylic acids is 1. The molecule has 116 valence electrons. The van der Waals surface area contributed by atoms with Crippen molar-refractivity contribution in [3.63, 3.8) is 0 Å². The van der Waals surface area contributed by atoms with Gasteiger partial charge in [-0.3, -0.25) is 4.79 Å². The molecule has 0 aliphatic carbocycles. The smallest absolute Gasteiger partial charge is 0.278 e. The molecule has 0 aliphatic rings. The lowest BCUT2D eigenvalue weighted by molar-refractivity contribution is 0.102. The van der Waals surface area contributed by atoms with Crippen LogP contribution in [0.2, 0.25) is 5.02 Å². The van der Waals surface area contributed by atoms with Crippen LogP contribution in [-0.4, -0.2) is 16.0 Å². The second kappa shape index (κ2) is 6.14. The van der Waals surface area contributed by atoms with E-state index in [-0.39, 0.29) is 17.1 Å². The Hall–Kier alpha value is -2.79. The summed E-state index contributed by atoms with van der Waals surface area (Å²) in [4.78, 5) is 16.6. The van der Waals surface area contributed by atoms with Crippen LogP contribution in [0.25, 0.3) is 11.5 Å². The average Bonchev–Trinajstić information content (AvgIpc) is 2.94. The van der Waals surface area contributed by atoms with Gasteiger partial charge in [-0.05, 0) is 37.3 Å². The number of aryl methyl sites for hydroxylation is 1. The third kappa shape index (κ3) is 3.19. The van der Waals surface area contributed by atoms with Gasteiger partial charge < -0.3 is 14.8 Å². The van der Waals surface area contributed by atoms with Crippen molar-refractivity contribution in [2.45, 2.75) is 6.92 Å². The molecule has 3 rings (SSSR count). The van der Waals surface area contributed by atoms with Crippen LogP contribution in [0.15, 0.2) is 52.9 Å². The highest BCUT2D eigenvalue weighted by molar-refractivity contribution is 6.31. The molecule has 0 unspecified atom stereocenters. The van der Waals surface area contributed by atoms with E-state index in [4.69, 9.17) is 16.0 Å². The predicted octanol–water partition coefficient (Wildman–Crippen LogP) is 4.26. The number of carbonyl (C=O) groups is 1. The van der Waals surface area contributed by atoms with Gasteiger partial charge >= 0.3 is 0 Å². The Morgan fingerprint density at radius 2 is 1.96 bits per heavy atom. The number of phenols is 1. The molecule has 0 saturated heterocycles. The molecule has 1 amide bonds. The van der Waals surface area contributed by atoms with Crippen LogP contribution in [0.4, 0.5) is 5.69 Å². The van der Waals surface area contributed by atoms with Crippen molar-refractivity contribution in [3.8, 4) is 17.2 Å². The van der Waals surface area contributed by atoms with E-state index in [0.717, 1.165) is 5.56 Å². The maximum absolute atomic E-state index is 12.4. The number of halogens is 1. The molecule has 0 fully saturated rings. The van der Waals surface area contributed by atoms with Crippen LogP contribution < -0.4 is 5.32 Å². The summed E-state index contributed by atoms with van der Waals surface area (Å²) in [7, 11) is 0. The monoisotopic (exact) mass is 328 g/mol. The first-order chi connectivity index (χ1) is 11.0. The largest absolute Gasteiger partial charge is 0.506 e. The van der Waals surface area contributed by atoms with Gasteiger partial charge in [0.05, 0.1) is 5.69 Å². The summed E-state index contributed by atoms with van der Waals surface area (Å²) < 4.78 is 5.55. The fraction of sp³-hybridized carbons (Fsp3) is 0.0588. The molecule has 1 aromatic heterocycles. The molecule has 1 heterocycles. The summed E-state index contributed by atoms with van der Waals surface area (Å²) >= 11 is 5.87. The van der Waals surface area contributed by atoms with E-state index in [9.17, 15) is 9.90 Å². The van der Waals surface area contributed by atoms with Crippen molar-refractivity contribution in [2.75, 3.05) is 5.32 Å². The van der Waals surface area contributed by atoms with E-state index in [2.05, 4.69) is 10.3 Å². The van der Waals surface area contributed by atoms with Crippen molar-refractivity contribution in [3.05, 3.63) is 65.0 Å². The van der Waals surface area contributed by atoms with Crippen molar-refractivity contribution < 1.29 is 14.3 Å². The number of amides is 1. The molecule has 0 radical (unpaired) electrons. The molecule has 23 heavy (non-hydrogen) atoms. The van der Waals surface area contributed by atoms with Gasteiger partial charge in [0.25, 0.3) is 5.91 Å². The standard InChI is InChI=1S/C17H13ClN2O3/c1-10-15(20-17(23-10)11-5-3-2-4-6-11)16(22)19-13-9-12(18)7-8-14(13)21/h2-9,21H,1H3,(H,19,22). The van der Waals surface area contributed by atoms with Crippen molar-refractivity contribution in [1.29, 1.82) is 0 Å². The van der Waals surface area contributed by atoms with Crippen molar-refractivity contribution >= 4 is 23.2 Å². The zero-order valence-electron chi connectivity index (χ0n) is 12.2. The van der Waals surface area contributed by atoms with Gasteiger partial charge in [-0.1, -0.05) is 29.8 Å². The second-order valence-corrected chi connectivity index (χ2v) is 5.34. The number of hydrogen-bond acceptors (Lipinski definition) is 4. The fourth-order valence-corrected chi connectivity index (χ4v) is 2.27. The minimum atomic E-state index is -0.481. The first kappa shape index (κ1) is 15.1. The topological polar surface area (TPSA) is 75.4 Å². The molecule has 0 saturated carbocycles.